The van der Waals surface area contributed by atoms with E-state index in [0.29, 0.717) is 19.1 Å². The van der Waals surface area contributed by atoms with E-state index in [0.717, 1.165) is 18.8 Å². The molecule has 4 nitrogen and oxygen atoms in total. The largest absolute Gasteiger partial charge is 0.492 e. The second kappa shape index (κ2) is 8.12. The van der Waals surface area contributed by atoms with Crippen LogP contribution in [0.2, 0.25) is 0 Å². The second-order valence-corrected chi connectivity index (χ2v) is 5.13. The van der Waals surface area contributed by atoms with E-state index in [4.69, 9.17) is 4.74 Å². The Labute approximate surface area is 126 Å². The van der Waals surface area contributed by atoms with Crippen molar-refractivity contribution in [3.8, 4) is 5.75 Å². The molecule has 2 rings (SSSR count). The highest BCUT2D eigenvalue weighted by Crippen LogP contribution is 2.17. The maximum Gasteiger partial charge on any atom is 0.225 e. The third-order valence-corrected chi connectivity index (χ3v) is 3.72. The Morgan fingerprint density at radius 2 is 2.05 bits per heavy atom. The van der Waals surface area contributed by atoms with E-state index in [1.54, 1.807) is 4.90 Å². The quantitative estimate of drug-likeness (QED) is 0.871. The van der Waals surface area contributed by atoms with Gasteiger partial charge in [-0.15, -0.1) is 12.4 Å². The van der Waals surface area contributed by atoms with Gasteiger partial charge in [0.15, 0.2) is 0 Å². The van der Waals surface area contributed by atoms with Gasteiger partial charge in [0.05, 0.1) is 6.54 Å². The summed E-state index contributed by atoms with van der Waals surface area (Å²) in [5, 5.41) is 3.21. The number of halogens is 1. The summed E-state index contributed by atoms with van der Waals surface area (Å²) < 4.78 is 5.60. The molecule has 112 valence electrons. The van der Waals surface area contributed by atoms with E-state index in [1.807, 2.05) is 44.3 Å². The smallest absolute Gasteiger partial charge is 0.225 e. The highest BCUT2D eigenvalue weighted by atomic mass is 35.5. The molecule has 1 aliphatic rings. The van der Waals surface area contributed by atoms with E-state index in [2.05, 4.69) is 5.32 Å². The van der Waals surface area contributed by atoms with Crippen LogP contribution in [-0.4, -0.2) is 44.1 Å². The zero-order chi connectivity index (χ0) is 13.7. The minimum Gasteiger partial charge on any atom is -0.492 e. The number of para-hydroxylation sites is 1. The number of nitrogens with one attached hydrogen (secondary N) is 1. The van der Waals surface area contributed by atoms with Gasteiger partial charge in [-0.05, 0) is 31.1 Å². The lowest BCUT2D eigenvalue weighted by atomic mass is 9.88. The summed E-state index contributed by atoms with van der Waals surface area (Å²) in [5.41, 5.74) is 0. The molecule has 1 atom stereocenters. The predicted octanol–water partition coefficient (Wildman–Crippen LogP) is 1.80. The van der Waals surface area contributed by atoms with E-state index >= 15 is 0 Å². The number of hydrogen-bond acceptors (Lipinski definition) is 3. The summed E-state index contributed by atoms with van der Waals surface area (Å²) in [4.78, 5) is 13.9. The second-order valence-electron chi connectivity index (χ2n) is 5.13. The van der Waals surface area contributed by atoms with Crippen molar-refractivity contribution in [1.82, 2.24) is 10.2 Å². The average Bonchev–Trinajstić information content (AvgIpc) is 2.37. The van der Waals surface area contributed by atoms with Crippen molar-refractivity contribution in [3.63, 3.8) is 0 Å². The molecule has 1 saturated heterocycles. The number of benzene rings is 1. The van der Waals surface area contributed by atoms with Crippen LogP contribution >= 0.6 is 12.4 Å². The molecule has 1 aromatic rings. The Balaban J connectivity index is 0.00000200. The fourth-order valence-corrected chi connectivity index (χ4v) is 2.14. The van der Waals surface area contributed by atoms with Gasteiger partial charge in [0.2, 0.25) is 5.91 Å². The van der Waals surface area contributed by atoms with Crippen LogP contribution in [0.15, 0.2) is 30.3 Å². The van der Waals surface area contributed by atoms with Gasteiger partial charge < -0.3 is 15.0 Å². The minimum atomic E-state index is 0. The molecule has 5 heteroatoms. The summed E-state index contributed by atoms with van der Waals surface area (Å²) in [6, 6.07) is 9.68. The van der Waals surface area contributed by atoms with Crippen LogP contribution in [0.25, 0.3) is 0 Å². The summed E-state index contributed by atoms with van der Waals surface area (Å²) in [6.45, 7) is 5.09. The van der Waals surface area contributed by atoms with Gasteiger partial charge >= 0.3 is 0 Å². The molecule has 0 aromatic heterocycles. The molecule has 0 bridgehead atoms. The highest BCUT2D eigenvalue weighted by molar-refractivity contribution is 5.85. The summed E-state index contributed by atoms with van der Waals surface area (Å²) in [6.07, 6.45) is 0. The van der Waals surface area contributed by atoms with Crippen molar-refractivity contribution in [2.24, 2.45) is 11.8 Å². The molecule has 1 heterocycles. The third kappa shape index (κ3) is 4.39. The lowest BCUT2D eigenvalue weighted by molar-refractivity contribution is -0.136. The van der Waals surface area contributed by atoms with E-state index in [-0.39, 0.29) is 24.2 Å². The van der Waals surface area contributed by atoms with Crippen LogP contribution in [0.4, 0.5) is 0 Å². The van der Waals surface area contributed by atoms with Gasteiger partial charge in [-0.25, -0.2) is 0 Å². The summed E-state index contributed by atoms with van der Waals surface area (Å²) in [5.74, 6) is 1.65. The van der Waals surface area contributed by atoms with Crippen molar-refractivity contribution < 1.29 is 9.53 Å². The van der Waals surface area contributed by atoms with Crippen molar-refractivity contribution >= 4 is 18.3 Å². The Morgan fingerprint density at radius 3 is 2.60 bits per heavy atom. The van der Waals surface area contributed by atoms with Crippen LogP contribution in [0.5, 0.6) is 5.75 Å². The molecule has 0 radical (unpaired) electrons. The molecule has 0 saturated carbocycles. The number of carbonyl (C=O) groups is 1. The number of carbonyl (C=O) groups excluding carboxylic acids is 1. The first-order valence-electron chi connectivity index (χ1n) is 6.82. The number of hydrogen-bond donors (Lipinski definition) is 1. The van der Waals surface area contributed by atoms with Crippen molar-refractivity contribution in [2.75, 3.05) is 33.3 Å². The first kappa shape index (κ1) is 16.8. The molecule has 20 heavy (non-hydrogen) atoms. The Kier molecular flexibility index (Phi) is 6.82. The van der Waals surface area contributed by atoms with Gasteiger partial charge in [-0.3, -0.25) is 4.79 Å². The summed E-state index contributed by atoms with van der Waals surface area (Å²) in [7, 11) is 1.85. The van der Waals surface area contributed by atoms with Gasteiger partial charge in [-0.1, -0.05) is 25.1 Å². The third-order valence-electron chi connectivity index (χ3n) is 3.72. The van der Waals surface area contributed by atoms with Crippen molar-refractivity contribution in [2.45, 2.75) is 6.92 Å². The first-order valence-corrected chi connectivity index (χ1v) is 6.82. The van der Waals surface area contributed by atoms with Crippen LogP contribution < -0.4 is 10.1 Å². The van der Waals surface area contributed by atoms with Crippen molar-refractivity contribution in [3.05, 3.63) is 30.3 Å². The fourth-order valence-electron chi connectivity index (χ4n) is 2.14. The van der Waals surface area contributed by atoms with E-state index in [9.17, 15) is 4.79 Å². The minimum absolute atomic E-state index is 0. The molecule has 1 unspecified atom stereocenters. The molecule has 1 fully saturated rings. The highest BCUT2D eigenvalue weighted by Gasteiger charge is 2.30. The van der Waals surface area contributed by atoms with Gasteiger partial charge in [-0.2, -0.15) is 0 Å². The number of rotatable bonds is 6. The van der Waals surface area contributed by atoms with Crippen molar-refractivity contribution in [1.29, 1.82) is 0 Å². The molecule has 0 spiro atoms. The van der Waals surface area contributed by atoms with Crippen LogP contribution in [0.3, 0.4) is 0 Å². The Hall–Kier alpha value is -1.26. The average molecular weight is 299 g/mol. The van der Waals surface area contributed by atoms with Gasteiger partial charge in [0.1, 0.15) is 12.4 Å². The number of likely N-dealkylation sites (N-methyl/N-ethyl adjacent to an activating group) is 1. The Bertz CT molecular complexity index is 410. The molecule has 1 N–H and O–H groups in total. The number of amides is 1. The molecular weight excluding hydrogens is 276 g/mol. The molecule has 1 aliphatic heterocycles. The SMILES string of the molecule is CC(C(=O)N(C)CCOc1ccccc1)C1CNC1.Cl. The molecule has 0 aliphatic carbocycles. The zero-order valence-electron chi connectivity index (χ0n) is 12.0. The van der Waals surface area contributed by atoms with Crippen LogP contribution in [0.1, 0.15) is 6.92 Å². The van der Waals surface area contributed by atoms with E-state index < -0.39 is 0 Å². The fraction of sp³-hybridized carbons (Fsp3) is 0.533. The lowest BCUT2D eigenvalue weighted by Crippen LogP contribution is -2.50. The lowest BCUT2D eigenvalue weighted by Gasteiger charge is -2.33. The van der Waals surface area contributed by atoms with Gasteiger partial charge in [0.25, 0.3) is 0 Å². The maximum atomic E-state index is 12.2. The molecule has 1 amide bonds. The van der Waals surface area contributed by atoms with Crippen LogP contribution in [-0.2, 0) is 4.79 Å². The van der Waals surface area contributed by atoms with Crippen LogP contribution in [0, 0.1) is 11.8 Å². The topological polar surface area (TPSA) is 41.6 Å². The maximum absolute atomic E-state index is 12.2. The van der Waals surface area contributed by atoms with E-state index in [1.165, 1.54) is 0 Å². The first-order chi connectivity index (χ1) is 9.18. The predicted molar refractivity (Wildman–Crippen MR) is 82.3 cm³/mol. The summed E-state index contributed by atoms with van der Waals surface area (Å²) >= 11 is 0. The normalized spacial score (nSPS) is 15.7. The molecule has 1 aromatic carbocycles. The standard InChI is InChI=1S/C15H22N2O2.ClH/c1-12(13-10-16-11-13)15(18)17(2)8-9-19-14-6-4-3-5-7-14;/h3-7,12-13,16H,8-11H2,1-2H3;1H. The molecular formula is C15H23ClN2O2. The Morgan fingerprint density at radius 1 is 1.40 bits per heavy atom. The number of nitrogens with zero attached hydrogens (tertiary/aromatic N) is 1. The zero-order valence-corrected chi connectivity index (χ0v) is 12.9. The monoisotopic (exact) mass is 298 g/mol. The number of ether oxygens (including phenoxy) is 1. The van der Waals surface area contributed by atoms with Gasteiger partial charge in [0, 0.05) is 13.0 Å².